The quantitative estimate of drug-likeness (QED) is 0.548. The van der Waals surface area contributed by atoms with Crippen LogP contribution in [0.2, 0.25) is 0 Å². The van der Waals surface area contributed by atoms with Crippen molar-refractivity contribution < 1.29 is 19.7 Å². The average molecular weight is 431 g/mol. The monoisotopic (exact) mass is 430 g/mol. The minimum atomic E-state index is -0.584. The van der Waals surface area contributed by atoms with Gasteiger partial charge < -0.3 is 19.7 Å². The number of aliphatic hydroxyl groups excluding tert-OH is 2. The number of rotatable bonds is 0. The first-order chi connectivity index (χ1) is 14.7. The molecule has 6 aliphatic rings. The van der Waals surface area contributed by atoms with Gasteiger partial charge in [-0.1, -0.05) is 39.3 Å². The van der Waals surface area contributed by atoms with Gasteiger partial charge in [0.05, 0.1) is 24.9 Å². The van der Waals surface area contributed by atoms with Crippen molar-refractivity contribution in [1.82, 2.24) is 0 Å². The lowest BCUT2D eigenvalue weighted by Gasteiger charge is -2.59. The Balaban J connectivity index is 1.28. The van der Waals surface area contributed by atoms with E-state index in [4.69, 9.17) is 9.47 Å². The van der Waals surface area contributed by atoms with Crippen molar-refractivity contribution >= 4 is 0 Å². The van der Waals surface area contributed by atoms with Crippen molar-refractivity contribution in [2.45, 2.75) is 103 Å². The van der Waals surface area contributed by atoms with Gasteiger partial charge in [-0.3, -0.25) is 0 Å². The molecule has 0 radical (unpaired) electrons. The molecule has 3 saturated carbocycles. The molecule has 4 heteroatoms. The van der Waals surface area contributed by atoms with Crippen LogP contribution in [0.25, 0.3) is 0 Å². The molecular weight excluding hydrogens is 388 g/mol. The summed E-state index contributed by atoms with van der Waals surface area (Å²) in [7, 11) is 0. The topological polar surface area (TPSA) is 58.9 Å². The van der Waals surface area contributed by atoms with Crippen molar-refractivity contribution in [3.8, 4) is 0 Å². The van der Waals surface area contributed by atoms with E-state index >= 15 is 0 Å². The van der Waals surface area contributed by atoms with Crippen LogP contribution in [-0.4, -0.2) is 40.9 Å². The van der Waals surface area contributed by atoms with Crippen molar-refractivity contribution in [3.63, 3.8) is 0 Å². The SMILES string of the molecule is C[C@H]1CC[C@]2(OC1)O[C@@H]1C[C@@H]3[C@H]4CC=C5C[C@@H](O)[C@@H](O)C[C@]5(C)[C@@H]4CC[C@]3(C)[C@@H]1[C@H]2C. The third kappa shape index (κ3) is 2.74. The molecular formula is C27H42O4. The van der Waals surface area contributed by atoms with Gasteiger partial charge in [0.25, 0.3) is 0 Å². The minimum absolute atomic E-state index is 0.0525. The van der Waals surface area contributed by atoms with Gasteiger partial charge in [-0.25, -0.2) is 0 Å². The summed E-state index contributed by atoms with van der Waals surface area (Å²) in [6.07, 6.45) is 10.1. The Kier molecular flexibility index (Phi) is 4.64. The third-order valence-corrected chi connectivity index (χ3v) is 11.4. The van der Waals surface area contributed by atoms with E-state index in [2.05, 4.69) is 33.8 Å². The maximum atomic E-state index is 10.5. The lowest BCUT2D eigenvalue weighted by molar-refractivity contribution is -0.272. The van der Waals surface area contributed by atoms with Crippen LogP contribution in [0.15, 0.2) is 11.6 Å². The summed E-state index contributed by atoms with van der Waals surface area (Å²) in [4.78, 5) is 0. The summed E-state index contributed by atoms with van der Waals surface area (Å²) in [5.41, 5.74) is 1.80. The van der Waals surface area contributed by atoms with Gasteiger partial charge in [0.1, 0.15) is 0 Å². The molecule has 2 heterocycles. The summed E-state index contributed by atoms with van der Waals surface area (Å²) in [6, 6.07) is 0. The fourth-order valence-corrected chi connectivity index (χ4v) is 9.71. The molecule has 0 aromatic carbocycles. The molecule has 4 nitrogen and oxygen atoms in total. The Morgan fingerprint density at radius 2 is 1.84 bits per heavy atom. The number of ether oxygens (including phenoxy) is 2. The summed E-state index contributed by atoms with van der Waals surface area (Å²) in [5.74, 6) is 3.39. The van der Waals surface area contributed by atoms with Crippen molar-refractivity contribution in [3.05, 3.63) is 11.6 Å². The molecule has 0 amide bonds. The average Bonchev–Trinajstić information content (AvgIpc) is 3.16. The van der Waals surface area contributed by atoms with Gasteiger partial charge in [-0.15, -0.1) is 0 Å². The predicted octanol–water partition coefficient (Wildman–Crippen LogP) is 4.68. The van der Waals surface area contributed by atoms with E-state index in [1.165, 1.54) is 31.3 Å². The number of hydrogen-bond donors (Lipinski definition) is 2. The Morgan fingerprint density at radius 3 is 2.58 bits per heavy atom. The van der Waals surface area contributed by atoms with Crippen LogP contribution in [0.4, 0.5) is 0 Å². The highest BCUT2D eigenvalue weighted by Crippen LogP contribution is 2.70. The minimum Gasteiger partial charge on any atom is -0.390 e. The summed E-state index contributed by atoms with van der Waals surface area (Å²) in [5, 5.41) is 20.8. The van der Waals surface area contributed by atoms with Crippen LogP contribution in [0.5, 0.6) is 0 Å². The molecule has 2 aliphatic heterocycles. The summed E-state index contributed by atoms with van der Waals surface area (Å²) in [6.45, 7) is 10.5. The highest BCUT2D eigenvalue weighted by molar-refractivity contribution is 5.27. The van der Waals surface area contributed by atoms with E-state index in [0.29, 0.717) is 53.4 Å². The van der Waals surface area contributed by atoms with E-state index < -0.39 is 12.2 Å². The van der Waals surface area contributed by atoms with Crippen LogP contribution < -0.4 is 0 Å². The fourth-order valence-electron chi connectivity index (χ4n) is 9.71. The molecule has 0 bridgehead atoms. The first kappa shape index (κ1) is 21.1. The second kappa shape index (κ2) is 6.81. The predicted molar refractivity (Wildman–Crippen MR) is 119 cm³/mol. The van der Waals surface area contributed by atoms with Gasteiger partial charge in [0.15, 0.2) is 5.79 Å². The molecule has 4 aliphatic carbocycles. The lowest BCUT2D eigenvalue weighted by Crippen LogP contribution is -2.54. The van der Waals surface area contributed by atoms with Gasteiger partial charge in [0.2, 0.25) is 0 Å². The molecule has 174 valence electrons. The Labute approximate surface area is 187 Å². The van der Waals surface area contributed by atoms with Crippen LogP contribution in [-0.2, 0) is 9.47 Å². The smallest absolute Gasteiger partial charge is 0.171 e. The van der Waals surface area contributed by atoms with E-state index in [9.17, 15) is 10.2 Å². The lowest BCUT2D eigenvalue weighted by atomic mass is 9.46. The van der Waals surface area contributed by atoms with Gasteiger partial charge in [-0.05, 0) is 85.4 Å². The van der Waals surface area contributed by atoms with Crippen molar-refractivity contribution in [2.75, 3.05) is 6.61 Å². The normalized spacial score (nSPS) is 60.7. The van der Waals surface area contributed by atoms with Crippen molar-refractivity contribution in [2.24, 2.45) is 46.3 Å². The second-order valence-corrected chi connectivity index (χ2v) is 12.8. The van der Waals surface area contributed by atoms with E-state index in [1.807, 2.05) is 0 Å². The first-order valence-electron chi connectivity index (χ1n) is 13.1. The number of fused-ring (bicyclic) bond motifs is 7. The Bertz CT molecular complexity index is 769. The zero-order valence-electron chi connectivity index (χ0n) is 19.8. The molecule has 0 aromatic heterocycles. The highest BCUT2D eigenvalue weighted by atomic mass is 16.7. The van der Waals surface area contributed by atoms with Crippen molar-refractivity contribution in [1.29, 1.82) is 0 Å². The summed E-state index contributed by atoms with van der Waals surface area (Å²) >= 11 is 0. The van der Waals surface area contributed by atoms with E-state index in [1.54, 1.807) is 0 Å². The molecule has 2 N–H and O–H groups in total. The Morgan fingerprint density at radius 1 is 1.03 bits per heavy atom. The molecule has 1 spiro atoms. The molecule has 5 fully saturated rings. The highest BCUT2D eigenvalue weighted by Gasteiger charge is 2.68. The van der Waals surface area contributed by atoms with Gasteiger partial charge in [-0.2, -0.15) is 0 Å². The van der Waals surface area contributed by atoms with Crippen LogP contribution in [0, 0.1) is 46.3 Å². The van der Waals surface area contributed by atoms with Crippen LogP contribution in [0.1, 0.15) is 79.1 Å². The zero-order valence-corrected chi connectivity index (χ0v) is 19.8. The second-order valence-electron chi connectivity index (χ2n) is 12.8. The first-order valence-corrected chi connectivity index (χ1v) is 13.1. The number of aliphatic hydroxyl groups is 2. The van der Waals surface area contributed by atoms with E-state index in [-0.39, 0.29) is 11.2 Å². The number of allylic oxidation sites excluding steroid dienone is 1. The molecule has 0 unspecified atom stereocenters. The molecule has 6 rings (SSSR count). The zero-order chi connectivity index (χ0) is 21.8. The van der Waals surface area contributed by atoms with Crippen LogP contribution >= 0.6 is 0 Å². The molecule has 2 saturated heterocycles. The maximum Gasteiger partial charge on any atom is 0.171 e. The molecule has 31 heavy (non-hydrogen) atoms. The molecule has 12 atom stereocenters. The summed E-state index contributed by atoms with van der Waals surface area (Å²) < 4.78 is 13.3. The molecule has 0 aromatic rings. The fraction of sp³-hybridized carbons (Fsp3) is 0.926. The van der Waals surface area contributed by atoms with Gasteiger partial charge in [0, 0.05) is 12.3 Å². The largest absolute Gasteiger partial charge is 0.390 e. The standard InChI is InChI=1S/C27H42O4/c1-15-7-10-27(30-14-15)16(2)24-23(31-27)12-20-18-6-5-17-11-21(28)22(29)13-26(17,4)19(18)8-9-25(20,24)3/h5,15-16,18-24,28-29H,6-14H2,1-4H3/t15-,16+,18-,19+,20+,21+,22-,23+,24+,25-,26-,27-/m0/s1. The van der Waals surface area contributed by atoms with Gasteiger partial charge >= 0.3 is 0 Å². The number of hydrogen-bond acceptors (Lipinski definition) is 4. The van der Waals surface area contributed by atoms with Crippen LogP contribution in [0.3, 0.4) is 0 Å². The third-order valence-electron chi connectivity index (χ3n) is 11.4. The maximum absolute atomic E-state index is 10.5. The van der Waals surface area contributed by atoms with E-state index in [0.717, 1.165) is 25.9 Å². The Hall–Kier alpha value is -0.420.